The molecule has 3 N–H and O–H groups in total. The zero-order valence-electron chi connectivity index (χ0n) is 16.2. The van der Waals surface area contributed by atoms with E-state index in [1.54, 1.807) is 0 Å². The largest absolute Gasteiger partial charge is 0.378 e. The van der Waals surface area contributed by atoms with Gasteiger partial charge in [0.2, 0.25) is 11.6 Å². The topological polar surface area (TPSA) is 140 Å². The number of hydrogen-bond donors (Lipinski definition) is 2. The number of carbonyl (C=O) groups is 1. The Bertz CT molecular complexity index is 838. The fourth-order valence-electron chi connectivity index (χ4n) is 3.82. The van der Waals surface area contributed by atoms with Gasteiger partial charge >= 0.3 is 0 Å². The normalized spacial score (nSPS) is 18.2. The van der Waals surface area contributed by atoms with Crippen LogP contribution in [0.15, 0.2) is 9.73 Å². The van der Waals surface area contributed by atoms with Crippen molar-refractivity contribution >= 4 is 30.3 Å². The Kier molecular flexibility index (Phi) is 7.15. The molecule has 0 radical (unpaired) electrons. The Morgan fingerprint density at radius 1 is 1.21 bits per heavy atom. The zero-order valence-corrected chi connectivity index (χ0v) is 17.0. The lowest BCUT2D eigenvalue weighted by molar-refractivity contribution is 0.0945. The molecule has 2 aliphatic rings. The third-order valence-corrected chi connectivity index (χ3v) is 5.32. The summed E-state index contributed by atoms with van der Waals surface area (Å²) in [7, 11) is 0. The van der Waals surface area contributed by atoms with E-state index < -0.39 is 5.91 Å². The van der Waals surface area contributed by atoms with Gasteiger partial charge in [-0.05, 0) is 55.0 Å². The minimum Gasteiger partial charge on any atom is -0.378 e. The van der Waals surface area contributed by atoms with Gasteiger partial charge in [0.1, 0.15) is 5.69 Å². The first-order valence-corrected chi connectivity index (χ1v) is 9.81. The number of carbonyl (C=O) groups excluding carboxylic acids is 1. The minimum absolute atomic E-state index is 0. The summed E-state index contributed by atoms with van der Waals surface area (Å²) < 4.78 is 5.92. The number of nitrogens with one attached hydrogen (secondary N) is 1. The molecule has 1 amide bonds. The van der Waals surface area contributed by atoms with E-state index in [4.69, 9.17) is 5.73 Å². The van der Waals surface area contributed by atoms with Gasteiger partial charge in [-0.3, -0.25) is 9.69 Å². The van der Waals surface area contributed by atoms with Crippen molar-refractivity contribution in [3.05, 3.63) is 11.4 Å². The standard InChI is InChI=1S/C17H25N9O2.ClH/c18-15-16(23-28-22-15)26-14(13(20-24-26)11-25-8-4-5-9-25)17(27)21-19-10-12-6-2-1-3-7-12;/h10,12H,1-9,11H2,(H2,18,22)(H,21,27);1H/b19-10+;. The van der Waals surface area contributed by atoms with Crippen molar-refractivity contribution in [2.75, 3.05) is 18.8 Å². The maximum absolute atomic E-state index is 12.9. The Balaban J connectivity index is 0.00000240. The Hall–Kier alpha value is -2.53. The molecule has 1 aliphatic carbocycles. The minimum atomic E-state index is -0.409. The van der Waals surface area contributed by atoms with Gasteiger partial charge < -0.3 is 5.73 Å². The van der Waals surface area contributed by atoms with Crippen LogP contribution in [0.3, 0.4) is 0 Å². The van der Waals surface area contributed by atoms with Gasteiger partial charge in [-0.1, -0.05) is 24.5 Å². The van der Waals surface area contributed by atoms with Gasteiger partial charge in [-0.25, -0.2) is 10.1 Å². The van der Waals surface area contributed by atoms with Crippen LogP contribution in [0, 0.1) is 5.92 Å². The quantitative estimate of drug-likeness (QED) is 0.526. The fraction of sp³-hybridized carbons (Fsp3) is 0.647. The first kappa shape index (κ1) is 21.2. The molecule has 4 rings (SSSR count). The molecule has 158 valence electrons. The van der Waals surface area contributed by atoms with Gasteiger partial charge in [-0.15, -0.1) is 17.5 Å². The first-order chi connectivity index (χ1) is 13.7. The van der Waals surface area contributed by atoms with Gasteiger partial charge in [0.15, 0.2) is 5.69 Å². The fourth-order valence-corrected chi connectivity index (χ4v) is 3.82. The van der Waals surface area contributed by atoms with Crippen LogP contribution in [0.25, 0.3) is 5.82 Å². The predicted octanol–water partition coefficient (Wildman–Crippen LogP) is 1.55. The molecule has 1 saturated carbocycles. The molecule has 1 aliphatic heterocycles. The molecule has 2 aromatic heterocycles. The maximum Gasteiger partial charge on any atom is 0.292 e. The highest BCUT2D eigenvalue weighted by molar-refractivity contribution is 5.94. The molecule has 0 spiro atoms. The lowest BCUT2D eigenvalue weighted by Gasteiger charge is -2.16. The molecule has 0 unspecified atom stereocenters. The number of amides is 1. The van der Waals surface area contributed by atoms with E-state index in [-0.39, 0.29) is 29.7 Å². The molecule has 0 bridgehead atoms. The van der Waals surface area contributed by atoms with Crippen LogP contribution in [0.4, 0.5) is 5.82 Å². The van der Waals surface area contributed by atoms with Crippen LogP contribution in [-0.4, -0.2) is 55.4 Å². The highest BCUT2D eigenvalue weighted by Crippen LogP contribution is 2.22. The molecular formula is C17H26ClN9O2. The lowest BCUT2D eigenvalue weighted by atomic mass is 9.90. The van der Waals surface area contributed by atoms with E-state index in [9.17, 15) is 4.79 Å². The van der Waals surface area contributed by atoms with Crippen LogP contribution >= 0.6 is 12.4 Å². The Labute approximate surface area is 174 Å². The number of hydrazone groups is 1. The van der Waals surface area contributed by atoms with Crippen molar-refractivity contribution in [1.29, 1.82) is 0 Å². The Morgan fingerprint density at radius 2 is 1.97 bits per heavy atom. The molecule has 1 saturated heterocycles. The van der Waals surface area contributed by atoms with Crippen molar-refractivity contribution in [1.82, 2.24) is 35.6 Å². The molecule has 3 heterocycles. The van der Waals surface area contributed by atoms with Crippen LogP contribution in [-0.2, 0) is 6.54 Å². The summed E-state index contributed by atoms with van der Waals surface area (Å²) in [5, 5.41) is 19.7. The number of halogens is 1. The lowest BCUT2D eigenvalue weighted by Crippen LogP contribution is -2.26. The Morgan fingerprint density at radius 3 is 2.66 bits per heavy atom. The summed E-state index contributed by atoms with van der Waals surface area (Å²) in [6, 6.07) is 0. The van der Waals surface area contributed by atoms with E-state index in [2.05, 4.69) is 40.7 Å². The number of hydrogen-bond acceptors (Lipinski definition) is 9. The van der Waals surface area contributed by atoms with Crippen molar-refractivity contribution < 1.29 is 9.42 Å². The monoisotopic (exact) mass is 423 g/mol. The van der Waals surface area contributed by atoms with Crippen molar-refractivity contribution in [2.24, 2.45) is 11.0 Å². The number of likely N-dealkylation sites (tertiary alicyclic amines) is 1. The molecule has 11 nitrogen and oxygen atoms in total. The third kappa shape index (κ3) is 4.91. The van der Waals surface area contributed by atoms with E-state index in [0.29, 0.717) is 18.2 Å². The predicted molar refractivity (Wildman–Crippen MR) is 108 cm³/mol. The molecule has 0 atom stereocenters. The number of nitrogens with two attached hydrogens (primary N) is 1. The molecule has 2 fully saturated rings. The zero-order chi connectivity index (χ0) is 19.3. The number of nitrogen functional groups attached to an aromatic ring is 1. The number of rotatable bonds is 6. The average Bonchev–Trinajstić information content (AvgIpc) is 3.44. The van der Waals surface area contributed by atoms with Crippen LogP contribution < -0.4 is 11.2 Å². The highest BCUT2D eigenvalue weighted by Gasteiger charge is 2.27. The average molecular weight is 424 g/mol. The molecule has 0 aromatic carbocycles. The van der Waals surface area contributed by atoms with Gasteiger partial charge in [0.05, 0.1) is 0 Å². The summed E-state index contributed by atoms with van der Waals surface area (Å²) in [4.78, 5) is 15.1. The van der Waals surface area contributed by atoms with E-state index in [0.717, 1.165) is 38.8 Å². The molecule has 12 heteroatoms. The summed E-state index contributed by atoms with van der Waals surface area (Å²) in [6.45, 7) is 2.48. The second-order valence-corrected chi connectivity index (χ2v) is 7.37. The second kappa shape index (κ2) is 9.79. The van der Waals surface area contributed by atoms with Crippen molar-refractivity contribution in [3.8, 4) is 5.82 Å². The first-order valence-electron chi connectivity index (χ1n) is 9.81. The van der Waals surface area contributed by atoms with Gasteiger partial charge in [0, 0.05) is 12.8 Å². The second-order valence-electron chi connectivity index (χ2n) is 7.37. The van der Waals surface area contributed by atoms with Gasteiger partial charge in [-0.2, -0.15) is 9.78 Å². The number of aromatic nitrogens is 5. The van der Waals surface area contributed by atoms with Crippen LogP contribution in [0.1, 0.15) is 61.1 Å². The van der Waals surface area contributed by atoms with Crippen LogP contribution in [0.5, 0.6) is 0 Å². The molecule has 2 aromatic rings. The van der Waals surface area contributed by atoms with Crippen LogP contribution in [0.2, 0.25) is 0 Å². The summed E-state index contributed by atoms with van der Waals surface area (Å²) in [6.07, 6.45) is 10.0. The maximum atomic E-state index is 12.9. The summed E-state index contributed by atoms with van der Waals surface area (Å²) >= 11 is 0. The van der Waals surface area contributed by atoms with Crippen molar-refractivity contribution in [3.63, 3.8) is 0 Å². The van der Waals surface area contributed by atoms with E-state index in [1.807, 2.05) is 6.21 Å². The number of anilines is 1. The third-order valence-electron chi connectivity index (χ3n) is 5.32. The number of nitrogens with zero attached hydrogens (tertiary/aromatic N) is 7. The smallest absolute Gasteiger partial charge is 0.292 e. The molecule has 29 heavy (non-hydrogen) atoms. The van der Waals surface area contributed by atoms with Crippen molar-refractivity contribution in [2.45, 2.75) is 51.5 Å². The molecular weight excluding hydrogens is 398 g/mol. The summed E-state index contributed by atoms with van der Waals surface area (Å²) in [5.74, 6) is 0.184. The van der Waals surface area contributed by atoms with E-state index in [1.165, 1.54) is 23.9 Å². The SMILES string of the molecule is Cl.Nc1nonc1-n1nnc(CN2CCCC2)c1C(=O)N/N=C/C1CCCCC1. The highest BCUT2D eigenvalue weighted by atomic mass is 35.5. The van der Waals surface area contributed by atoms with Gasteiger partial charge in [0.25, 0.3) is 5.91 Å². The summed E-state index contributed by atoms with van der Waals surface area (Å²) in [5.41, 5.74) is 9.19. The van der Waals surface area contributed by atoms with E-state index >= 15 is 0 Å².